The molecule has 0 bridgehead atoms. The molecule has 0 aromatic rings. The normalized spacial score (nSPS) is 53.7. The average Bonchev–Trinajstić information content (AvgIpc) is 2.80. The molecule has 194 valence electrons. The fourth-order valence-electron chi connectivity index (χ4n) is 3.98. The summed E-state index contributed by atoms with van der Waals surface area (Å²) in [5.41, 5.74) is 0. The maximum Gasteiger partial charge on any atom is 0.187 e. The molecule has 15 atom stereocenters. The van der Waals surface area contributed by atoms with Gasteiger partial charge in [-0.2, -0.15) is 0 Å². The first-order chi connectivity index (χ1) is 15.5. The number of aliphatic hydroxyl groups excluding tert-OH is 10. The molecule has 3 aliphatic rings. The Bertz CT molecular complexity index is 624. The van der Waals surface area contributed by atoms with E-state index < -0.39 is 105 Å². The van der Waals surface area contributed by atoms with Gasteiger partial charge in [0.05, 0.1) is 19.3 Å². The van der Waals surface area contributed by atoms with Gasteiger partial charge in [0.15, 0.2) is 18.9 Å². The van der Waals surface area contributed by atoms with Crippen LogP contribution in [-0.4, -0.2) is 156 Å². The Balaban J connectivity index is 1.83. The van der Waals surface area contributed by atoms with Crippen LogP contribution < -0.4 is 0 Å². The summed E-state index contributed by atoms with van der Waals surface area (Å²) in [6, 6.07) is 0. The molecular formula is C18H32O15. The number of rotatable bonds is 6. The Labute approximate surface area is 187 Å². The molecule has 3 heterocycles. The van der Waals surface area contributed by atoms with E-state index in [1.807, 2.05) is 0 Å². The second-order valence-corrected chi connectivity index (χ2v) is 8.32. The van der Waals surface area contributed by atoms with Crippen molar-refractivity contribution in [2.45, 2.75) is 99.0 Å². The third-order valence-corrected chi connectivity index (χ3v) is 6.05. The minimum absolute atomic E-state index is 0.760. The average molecular weight is 488 g/mol. The lowest BCUT2D eigenvalue weighted by molar-refractivity contribution is -0.385. The van der Waals surface area contributed by atoms with Crippen molar-refractivity contribution in [2.75, 3.05) is 13.2 Å². The second kappa shape index (κ2) is 11.0. The van der Waals surface area contributed by atoms with Crippen molar-refractivity contribution in [3.8, 4) is 0 Å². The Morgan fingerprint density at radius 1 is 0.545 bits per heavy atom. The Morgan fingerprint density at radius 3 is 1.73 bits per heavy atom. The largest absolute Gasteiger partial charge is 0.394 e. The van der Waals surface area contributed by atoms with Crippen molar-refractivity contribution in [3.63, 3.8) is 0 Å². The van der Waals surface area contributed by atoms with Gasteiger partial charge in [-0.1, -0.05) is 0 Å². The highest BCUT2D eigenvalue weighted by molar-refractivity contribution is 4.95. The van der Waals surface area contributed by atoms with Gasteiger partial charge in [-0.25, -0.2) is 0 Å². The predicted molar refractivity (Wildman–Crippen MR) is 99.8 cm³/mol. The molecule has 3 rings (SSSR count). The highest BCUT2D eigenvalue weighted by atomic mass is 16.8. The third kappa shape index (κ3) is 5.32. The molecule has 15 heteroatoms. The lowest BCUT2D eigenvalue weighted by Gasteiger charge is -2.48. The molecule has 0 saturated carbocycles. The molecule has 3 fully saturated rings. The lowest BCUT2D eigenvalue weighted by atomic mass is 9.96. The van der Waals surface area contributed by atoms with Gasteiger partial charge in [-0.15, -0.1) is 0 Å². The lowest BCUT2D eigenvalue weighted by Crippen LogP contribution is -2.66. The van der Waals surface area contributed by atoms with Crippen LogP contribution in [0.15, 0.2) is 0 Å². The van der Waals surface area contributed by atoms with E-state index in [1.165, 1.54) is 6.92 Å². The summed E-state index contributed by atoms with van der Waals surface area (Å²) in [6.45, 7) is -0.128. The maximum atomic E-state index is 10.6. The molecular weight excluding hydrogens is 456 g/mol. The van der Waals surface area contributed by atoms with Crippen molar-refractivity contribution in [2.24, 2.45) is 0 Å². The third-order valence-electron chi connectivity index (χ3n) is 6.05. The van der Waals surface area contributed by atoms with E-state index in [-0.39, 0.29) is 0 Å². The van der Waals surface area contributed by atoms with Gasteiger partial charge in [-0.05, 0) is 6.92 Å². The van der Waals surface area contributed by atoms with Crippen LogP contribution >= 0.6 is 0 Å². The van der Waals surface area contributed by atoms with Gasteiger partial charge in [0.25, 0.3) is 0 Å². The van der Waals surface area contributed by atoms with E-state index in [1.54, 1.807) is 0 Å². The quantitative estimate of drug-likeness (QED) is 0.167. The summed E-state index contributed by atoms with van der Waals surface area (Å²) in [5, 5.41) is 99.8. The zero-order valence-electron chi connectivity index (χ0n) is 17.6. The van der Waals surface area contributed by atoms with E-state index in [0.29, 0.717) is 0 Å². The molecule has 0 amide bonds. The minimum Gasteiger partial charge on any atom is -0.394 e. The molecule has 3 saturated heterocycles. The number of hydrogen-bond acceptors (Lipinski definition) is 15. The molecule has 3 aliphatic heterocycles. The molecule has 33 heavy (non-hydrogen) atoms. The fraction of sp³-hybridized carbons (Fsp3) is 1.00. The van der Waals surface area contributed by atoms with E-state index in [9.17, 15) is 51.1 Å². The summed E-state index contributed by atoms with van der Waals surface area (Å²) in [4.78, 5) is 0. The fourth-order valence-corrected chi connectivity index (χ4v) is 3.98. The highest BCUT2D eigenvalue weighted by Crippen LogP contribution is 2.32. The van der Waals surface area contributed by atoms with Crippen LogP contribution in [0.5, 0.6) is 0 Å². The van der Waals surface area contributed by atoms with E-state index >= 15 is 0 Å². The van der Waals surface area contributed by atoms with Crippen molar-refractivity contribution in [1.29, 1.82) is 0 Å². The molecule has 0 aromatic heterocycles. The van der Waals surface area contributed by atoms with Crippen LogP contribution in [0.4, 0.5) is 0 Å². The zero-order chi connectivity index (χ0) is 24.6. The zero-order valence-corrected chi connectivity index (χ0v) is 17.6. The first-order valence-electron chi connectivity index (χ1n) is 10.4. The van der Waals surface area contributed by atoms with Crippen LogP contribution in [0.25, 0.3) is 0 Å². The van der Waals surface area contributed by atoms with E-state index in [4.69, 9.17) is 23.7 Å². The van der Waals surface area contributed by atoms with E-state index in [0.717, 1.165) is 0 Å². The maximum absolute atomic E-state index is 10.6. The van der Waals surface area contributed by atoms with Gasteiger partial charge < -0.3 is 74.7 Å². The summed E-state index contributed by atoms with van der Waals surface area (Å²) in [5.74, 6) is 0. The summed E-state index contributed by atoms with van der Waals surface area (Å²) in [7, 11) is 0. The van der Waals surface area contributed by atoms with Crippen molar-refractivity contribution in [1.82, 2.24) is 0 Å². The van der Waals surface area contributed by atoms with Gasteiger partial charge in [0, 0.05) is 0 Å². The van der Waals surface area contributed by atoms with Crippen molar-refractivity contribution < 1.29 is 74.7 Å². The SMILES string of the molecule is CC1O[C@@H](OC2C(O)[C@@H](O)C(CO)O[C@H]2O[C@@H]2C(CO)O[C@@H](O)C(O)C2O)C(O)C(O)[C@@H]1O. The first-order valence-corrected chi connectivity index (χ1v) is 10.4. The number of hydrogen-bond donors (Lipinski definition) is 10. The van der Waals surface area contributed by atoms with Gasteiger partial charge in [0.2, 0.25) is 0 Å². The van der Waals surface area contributed by atoms with Crippen molar-refractivity contribution in [3.05, 3.63) is 0 Å². The topological polar surface area (TPSA) is 248 Å². The number of ether oxygens (including phenoxy) is 5. The van der Waals surface area contributed by atoms with E-state index in [2.05, 4.69) is 0 Å². The molecule has 0 spiro atoms. The smallest absolute Gasteiger partial charge is 0.187 e. The Morgan fingerprint density at radius 2 is 1.12 bits per heavy atom. The van der Waals surface area contributed by atoms with Gasteiger partial charge in [0.1, 0.15) is 67.1 Å². The highest BCUT2D eigenvalue weighted by Gasteiger charge is 2.53. The molecule has 15 nitrogen and oxygen atoms in total. The Hall–Kier alpha value is -0.600. The van der Waals surface area contributed by atoms with Crippen LogP contribution in [0.2, 0.25) is 0 Å². The molecule has 10 N–H and O–H groups in total. The molecule has 0 aliphatic carbocycles. The molecule has 0 radical (unpaired) electrons. The first kappa shape index (κ1) is 27.0. The van der Waals surface area contributed by atoms with Crippen LogP contribution in [-0.2, 0) is 23.7 Å². The van der Waals surface area contributed by atoms with Gasteiger partial charge in [-0.3, -0.25) is 0 Å². The van der Waals surface area contributed by atoms with Crippen LogP contribution in [0.1, 0.15) is 6.92 Å². The summed E-state index contributed by atoms with van der Waals surface area (Å²) < 4.78 is 26.9. The predicted octanol–water partition coefficient (Wildman–Crippen LogP) is -6.55. The monoisotopic (exact) mass is 488 g/mol. The second-order valence-electron chi connectivity index (χ2n) is 8.32. The Kier molecular flexibility index (Phi) is 8.99. The molecule has 9 unspecified atom stereocenters. The molecule has 0 aromatic carbocycles. The summed E-state index contributed by atoms with van der Waals surface area (Å²) >= 11 is 0. The van der Waals surface area contributed by atoms with Crippen LogP contribution in [0.3, 0.4) is 0 Å². The number of aliphatic hydroxyl groups is 10. The van der Waals surface area contributed by atoms with Crippen molar-refractivity contribution >= 4 is 0 Å². The van der Waals surface area contributed by atoms with Crippen LogP contribution in [0, 0.1) is 0 Å². The van der Waals surface area contributed by atoms with Gasteiger partial charge >= 0.3 is 0 Å². The summed E-state index contributed by atoms with van der Waals surface area (Å²) in [6.07, 6.45) is -24.1. The standard InChI is InChI=1S/C18H32O15/c1-4-7(21)9(23)13(27)17(29-4)33-15-10(24)8(22)5(2-19)31-18(15)32-14-6(3-20)30-16(28)12(26)11(14)25/h4-28H,2-3H2,1H3/t4?,5?,6?,7-,8+,9?,10?,11?,12?,13?,14-,15?,16-,17+,18+/m1/s1. The minimum atomic E-state index is -1.83.